The highest BCUT2D eigenvalue weighted by Gasteiger charge is 2.21. The number of hydrogen-bond acceptors (Lipinski definition) is 3. The normalized spacial score (nSPS) is 14.0. The molecule has 0 aliphatic carbocycles. The number of Topliss-reactive ketones (excluding diaryl/α,β-unsaturated/α-hetero) is 1. The van der Waals surface area contributed by atoms with E-state index >= 15 is 0 Å². The van der Waals surface area contributed by atoms with Crippen molar-refractivity contribution >= 4 is 39.2 Å². The first-order valence-electron chi connectivity index (χ1n) is 7.63. The van der Waals surface area contributed by atoms with Gasteiger partial charge in [-0.1, -0.05) is 11.6 Å². The topological polar surface area (TPSA) is 62.4 Å². The number of carbonyl (C=O) groups excluding carboxylic acids is 2. The quantitative estimate of drug-likeness (QED) is 0.758. The second-order valence-corrected chi connectivity index (χ2v) is 6.88. The van der Waals surface area contributed by atoms with Crippen LogP contribution in [0.25, 0.3) is 0 Å². The molecule has 0 bridgehead atoms. The van der Waals surface area contributed by atoms with Crippen LogP contribution in [0.2, 0.25) is 5.02 Å². The van der Waals surface area contributed by atoms with Crippen molar-refractivity contribution in [3.05, 3.63) is 51.2 Å². The van der Waals surface area contributed by atoms with Crippen LogP contribution in [0.1, 0.15) is 33.7 Å². The van der Waals surface area contributed by atoms with Crippen molar-refractivity contribution in [2.45, 2.75) is 12.8 Å². The third kappa shape index (κ3) is 3.82. The van der Waals surface area contributed by atoms with Crippen LogP contribution in [0, 0.1) is 0 Å². The molecule has 0 saturated carbocycles. The highest BCUT2D eigenvalue weighted by molar-refractivity contribution is 9.10. The van der Waals surface area contributed by atoms with Crippen molar-refractivity contribution in [3.8, 4) is 5.75 Å². The van der Waals surface area contributed by atoms with E-state index in [0.717, 1.165) is 25.9 Å². The molecule has 1 aliphatic heterocycles. The Balaban J connectivity index is 1.62. The minimum Gasteiger partial charge on any atom is -0.484 e. The molecule has 1 aliphatic rings. The zero-order valence-corrected chi connectivity index (χ0v) is 15.2. The van der Waals surface area contributed by atoms with E-state index in [9.17, 15) is 9.59 Å². The van der Waals surface area contributed by atoms with Crippen LogP contribution in [-0.4, -0.2) is 41.3 Å². The lowest BCUT2D eigenvalue weighted by Crippen LogP contribution is -2.27. The lowest BCUT2D eigenvalue weighted by molar-refractivity contribution is 0.0787. The minimum absolute atomic E-state index is 0.0621. The van der Waals surface area contributed by atoms with Gasteiger partial charge in [-0.2, -0.15) is 0 Å². The maximum atomic E-state index is 12.3. The molecule has 126 valence electrons. The van der Waals surface area contributed by atoms with Crippen molar-refractivity contribution in [1.82, 2.24) is 9.88 Å². The summed E-state index contributed by atoms with van der Waals surface area (Å²) in [4.78, 5) is 29.2. The fraction of sp³-hybridized carbons (Fsp3) is 0.294. The van der Waals surface area contributed by atoms with Gasteiger partial charge in [-0.25, -0.2) is 0 Å². The number of ketones is 1. The summed E-state index contributed by atoms with van der Waals surface area (Å²) >= 11 is 9.21. The summed E-state index contributed by atoms with van der Waals surface area (Å²) in [7, 11) is 0. The van der Waals surface area contributed by atoms with Crippen molar-refractivity contribution in [2.24, 2.45) is 0 Å². The Morgan fingerprint density at radius 1 is 1.25 bits per heavy atom. The van der Waals surface area contributed by atoms with Crippen LogP contribution >= 0.6 is 27.5 Å². The van der Waals surface area contributed by atoms with E-state index in [1.807, 2.05) is 0 Å². The molecule has 0 unspecified atom stereocenters. The second-order valence-electron chi connectivity index (χ2n) is 5.59. The summed E-state index contributed by atoms with van der Waals surface area (Å²) in [5.74, 6) is 0.276. The fourth-order valence-corrected chi connectivity index (χ4v) is 3.39. The number of nitrogens with zero attached hydrogens (tertiary/aromatic N) is 1. The zero-order valence-electron chi connectivity index (χ0n) is 12.9. The third-order valence-electron chi connectivity index (χ3n) is 3.88. The fourth-order valence-electron chi connectivity index (χ4n) is 2.59. The molecule has 2 aromatic rings. The second kappa shape index (κ2) is 7.40. The monoisotopic (exact) mass is 410 g/mol. The lowest BCUT2D eigenvalue weighted by Gasteiger charge is -2.13. The standard InChI is InChI=1S/C17H16BrClN2O3/c18-13-8-12(19)3-4-16(13)24-10-15(22)11-7-14(20-9-11)17(23)21-5-1-2-6-21/h3-4,7-9,20H,1-2,5-6,10H2. The zero-order chi connectivity index (χ0) is 17.1. The summed E-state index contributed by atoms with van der Waals surface area (Å²) in [5.41, 5.74) is 0.871. The van der Waals surface area contributed by atoms with Gasteiger partial charge in [-0.05, 0) is 53.0 Å². The van der Waals surface area contributed by atoms with Gasteiger partial charge in [-0.15, -0.1) is 0 Å². The van der Waals surface area contributed by atoms with Crippen molar-refractivity contribution in [3.63, 3.8) is 0 Å². The number of nitrogens with one attached hydrogen (secondary N) is 1. The van der Waals surface area contributed by atoms with Crippen LogP contribution in [-0.2, 0) is 0 Å². The van der Waals surface area contributed by atoms with Crippen molar-refractivity contribution in [2.75, 3.05) is 19.7 Å². The number of H-pyrrole nitrogens is 1. The summed E-state index contributed by atoms with van der Waals surface area (Å²) < 4.78 is 6.20. The van der Waals surface area contributed by atoms with Gasteiger partial charge in [0, 0.05) is 29.9 Å². The van der Waals surface area contributed by atoms with Crippen LogP contribution in [0.15, 0.2) is 34.9 Å². The molecular weight excluding hydrogens is 396 g/mol. The Morgan fingerprint density at radius 3 is 2.71 bits per heavy atom. The molecule has 24 heavy (non-hydrogen) atoms. The average Bonchev–Trinajstić information content (AvgIpc) is 3.25. The smallest absolute Gasteiger partial charge is 0.270 e. The van der Waals surface area contributed by atoms with E-state index in [2.05, 4.69) is 20.9 Å². The molecule has 5 nitrogen and oxygen atoms in total. The first kappa shape index (κ1) is 17.0. The van der Waals surface area contributed by atoms with Crippen molar-refractivity contribution < 1.29 is 14.3 Å². The van der Waals surface area contributed by atoms with E-state index in [1.54, 1.807) is 35.4 Å². The van der Waals surface area contributed by atoms with Crippen LogP contribution in [0.3, 0.4) is 0 Å². The maximum absolute atomic E-state index is 12.3. The highest BCUT2D eigenvalue weighted by Crippen LogP contribution is 2.28. The van der Waals surface area contributed by atoms with E-state index < -0.39 is 0 Å². The molecule has 1 N–H and O–H groups in total. The molecule has 1 saturated heterocycles. The van der Waals surface area contributed by atoms with Gasteiger partial charge in [-0.3, -0.25) is 9.59 Å². The third-order valence-corrected chi connectivity index (χ3v) is 4.74. The molecule has 2 heterocycles. The Bertz CT molecular complexity index is 769. The molecule has 0 radical (unpaired) electrons. The van der Waals surface area contributed by atoms with E-state index in [0.29, 0.717) is 26.5 Å². The summed E-state index contributed by atoms with van der Waals surface area (Å²) in [6.07, 6.45) is 3.61. The first-order valence-corrected chi connectivity index (χ1v) is 8.80. The summed E-state index contributed by atoms with van der Waals surface area (Å²) in [6, 6.07) is 6.67. The number of carbonyl (C=O) groups is 2. The van der Waals surface area contributed by atoms with Crippen LogP contribution in [0.4, 0.5) is 0 Å². The largest absolute Gasteiger partial charge is 0.484 e. The molecule has 1 aromatic carbocycles. The Hall–Kier alpha value is -1.79. The van der Waals surface area contributed by atoms with Crippen molar-refractivity contribution in [1.29, 1.82) is 0 Å². The Morgan fingerprint density at radius 2 is 2.00 bits per heavy atom. The predicted molar refractivity (Wildman–Crippen MR) is 94.9 cm³/mol. The minimum atomic E-state index is -0.200. The van der Waals surface area contributed by atoms with E-state index in [4.69, 9.17) is 16.3 Å². The molecule has 0 spiro atoms. The van der Waals surface area contributed by atoms with Gasteiger partial charge in [0.15, 0.2) is 6.61 Å². The van der Waals surface area contributed by atoms with Gasteiger partial charge in [0.1, 0.15) is 11.4 Å². The number of hydrogen-bond donors (Lipinski definition) is 1. The number of amides is 1. The number of rotatable bonds is 5. The molecule has 0 atom stereocenters. The highest BCUT2D eigenvalue weighted by atomic mass is 79.9. The van der Waals surface area contributed by atoms with Gasteiger partial charge in [0.2, 0.25) is 5.78 Å². The maximum Gasteiger partial charge on any atom is 0.270 e. The SMILES string of the molecule is O=C(COc1ccc(Cl)cc1Br)c1c[nH]c(C(=O)N2CCCC2)c1. The van der Waals surface area contributed by atoms with Crippen LogP contribution in [0.5, 0.6) is 5.75 Å². The Labute approximate surface area is 153 Å². The lowest BCUT2D eigenvalue weighted by atomic mass is 10.2. The van der Waals surface area contributed by atoms with Gasteiger partial charge in [0.25, 0.3) is 5.91 Å². The molecule has 1 aromatic heterocycles. The molecule has 7 heteroatoms. The molecule has 1 fully saturated rings. The number of halogens is 2. The van der Waals surface area contributed by atoms with Gasteiger partial charge >= 0.3 is 0 Å². The number of aromatic amines is 1. The number of likely N-dealkylation sites (tertiary alicyclic amines) is 1. The predicted octanol–water partition coefficient (Wildman–Crippen LogP) is 3.93. The molecular formula is C17H16BrClN2O3. The van der Waals surface area contributed by atoms with E-state index in [1.165, 1.54) is 0 Å². The van der Waals surface area contributed by atoms with Gasteiger partial charge < -0.3 is 14.6 Å². The molecule has 3 rings (SSSR count). The number of ether oxygens (including phenoxy) is 1. The van der Waals surface area contributed by atoms with E-state index in [-0.39, 0.29) is 18.3 Å². The summed E-state index contributed by atoms with van der Waals surface area (Å²) in [6.45, 7) is 1.43. The summed E-state index contributed by atoms with van der Waals surface area (Å²) in [5, 5.41) is 0.580. The number of aromatic nitrogens is 1. The number of benzene rings is 1. The first-order chi connectivity index (χ1) is 11.5. The van der Waals surface area contributed by atoms with Crippen LogP contribution < -0.4 is 4.74 Å². The molecule has 1 amide bonds. The Kier molecular flexibility index (Phi) is 5.26. The van der Waals surface area contributed by atoms with Gasteiger partial charge in [0.05, 0.1) is 4.47 Å². The average molecular weight is 412 g/mol.